The third kappa shape index (κ3) is 3.42. The van der Waals surface area contributed by atoms with Gasteiger partial charge >= 0.3 is 0 Å². The zero-order valence-electron chi connectivity index (χ0n) is 11.3. The Bertz CT molecular complexity index is 382. The predicted octanol–water partition coefficient (Wildman–Crippen LogP) is 3.37. The van der Waals surface area contributed by atoms with Crippen LogP contribution in [-0.4, -0.2) is 24.3 Å². The van der Waals surface area contributed by atoms with Gasteiger partial charge in [-0.25, -0.2) is 0 Å². The van der Waals surface area contributed by atoms with Crippen molar-refractivity contribution in [1.82, 2.24) is 4.90 Å². The van der Waals surface area contributed by atoms with E-state index in [1.165, 1.54) is 43.5 Å². The van der Waals surface area contributed by atoms with Crippen molar-refractivity contribution >= 4 is 6.29 Å². The van der Waals surface area contributed by atoms with Gasteiger partial charge in [0, 0.05) is 13.0 Å². The van der Waals surface area contributed by atoms with E-state index >= 15 is 0 Å². The highest BCUT2D eigenvalue weighted by Crippen LogP contribution is 2.24. The van der Waals surface area contributed by atoms with Crippen LogP contribution in [0.4, 0.5) is 0 Å². The zero-order valence-corrected chi connectivity index (χ0v) is 11.3. The summed E-state index contributed by atoms with van der Waals surface area (Å²) >= 11 is 0. The second-order valence-corrected chi connectivity index (χ2v) is 5.34. The molecule has 0 N–H and O–H groups in total. The van der Waals surface area contributed by atoms with Gasteiger partial charge in [0.1, 0.15) is 6.29 Å². The lowest BCUT2D eigenvalue weighted by molar-refractivity contribution is -0.108. The molecule has 0 spiro atoms. The fourth-order valence-corrected chi connectivity index (χ4v) is 2.79. The third-order valence-corrected chi connectivity index (χ3v) is 3.88. The predicted molar refractivity (Wildman–Crippen MR) is 74.7 cm³/mol. The highest BCUT2D eigenvalue weighted by Gasteiger charge is 2.14. The van der Waals surface area contributed by atoms with Gasteiger partial charge in [0.25, 0.3) is 0 Å². The Morgan fingerprint density at radius 1 is 1.22 bits per heavy atom. The molecule has 1 saturated heterocycles. The molecule has 0 amide bonds. The number of likely N-dealkylation sites (tertiary alicyclic amines) is 1. The molecule has 1 aromatic carbocycles. The largest absolute Gasteiger partial charge is 0.303 e. The Hall–Kier alpha value is -1.15. The molecule has 0 aromatic heterocycles. The molecule has 0 aliphatic carbocycles. The van der Waals surface area contributed by atoms with Crippen LogP contribution in [0.2, 0.25) is 0 Å². The molecular formula is C16H23NO. The van der Waals surface area contributed by atoms with Gasteiger partial charge in [0.15, 0.2) is 0 Å². The van der Waals surface area contributed by atoms with Gasteiger partial charge in [-0.2, -0.15) is 0 Å². The number of aldehydes is 1. The molecule has 1 heterocycles. The van der Waals surface area contributed by atoms with Crippen LogP contribution < -0.4 is 0 Å². The van der Waals surface area contributed by atoms with Crippen molar-refractivity contribution in [2.45, 2.75) is 45.1 Å². The normalized spacial score (nSPS) is 18.5. The van der Waals surface area contributed by atoms with Crippen molar-refractivity contribution in [2.24, 2.45) is 0 Å². The van der Waals surface area contributed by atoms with E-state index in [1.807, 2.05) is 0 Å². The van der Waals surface area contributed by atoms with Gasteiger partial charge in [-0.1, -0.05) is 37.6 Å². The summed E-state index contributed by atoms with van der Waals surface area (Å²) in [5.74, 6) is 0.337. The average molecular weight is 245 g/mol. The molecule has 0 saturated carbocycles. The molecule has 98 valence electrons. The van der Waals surface area contributed by atoms with Gasteiger partial charge in [0.05, 0.1) is 0 Å². The van der Waals surface area contributed by atoms with E-state index in [2.05, 4.69) is 36.1 Å². The Morgan fingerprint density at radius 3 is 2.67 bits per heavy atom. The molecule has 18 heavy (non-hydrogen) atoms. The minimum Gasteiger partial charge on any atom is -0.303 e. The number of piperidine rings is 1. The molecule has 1 aliphatic heterocycles. The highest BCUT2D eigenvalue weighted by atomic mass is 16.1. The summed E-state index contributed by atoms with van der Waals surface area (Å²) in [6, 6.07) is 8.57. The monoisotopic (exact) mass is 245 g/mol. The zero-order chi connectivity index (χ0) is 12.8. The molecule has 1 fully saturated rings. The molecule has 2 nitrogen and oxygen atoms in total. The summed E-state index contributed by atoms with van der Waals surface area (Å²) in [5, 5.41) is 0. The van der Waals surface area contributed by atoms with E-state index < -0.39 is 0 Å². The fraction of sp³-hybridized carbons (Fsp3) is 0.562. The SMILES string of the molecule is CC(CC=O)c1ccccc1CN1CCCCC1. The van der Waals surface area contributed by atoms with E-state index in [9.17, 15) is 4.79 Å². The van der Waals surface area contributed by atoms with Crippen LogP contribution in [0.5, 0.6) is 0 Å². The van der Waals surface area contributed by atoms with Crippen molar-refractivity contribution in [3.63, 3.8) is 0 Å². The summed E-state index contributed by atoms with van der Waals surface area (Å²) < 4.78 is 0. The van der Waals surface area contributed by atoms with Crippen molar-refractivity contribution in [2.75, 3.05) is 13.1 Å². The fourth-order valence-electron chi connectivity index (χ4n) is 2.79. The average Bonchev–Trinajstić information content (AvgIpc) is 2.41. The topological polar surface area (TPSA) is 20.3 Å². The Morgan fingerprint density at radius 2 is 1.94 bits per heavy atom. The first kappa shape index (κ1) is 13.3. The summed E-state index contributed by atoms with van der Waals surface area (Å²) in [5.41, 5.74) is 2.74. The van der Waals surface area contributed by atoms with E-state index in [0.29, 0.717) is 12.3 Å². The van der Waals surface area contributed by atoms with Crippen LogP contribution >= 0.6 is 0 Å². The lowest BCUT2D eigenvalue weighted by Gasteiger charge is -2.28. The Labute approximate surface area is 110 Å². The molecular weight excluding hydrogens is 222 g/mol. The van der Waals surface area contributed by atoms with Crippen LogP contribution in [0.1, 0.15) is 49.7 Å². The van der Waals surface area contributed by atoms with Crippen molar-refractivity contribution in [3.05, 3.63) is 35.4 Å². The summed E-state index contributed by atoms with van der Waals surface area (Å²) in [6.07, 6.45) is 5.68. The second kappa shape index (κ2) is 6.69. The number of nitrogens with zero attached hydrogens (tertiary/aromatic N) is 1. The first-order valence-corrected chi connectivity index (χ1v) is 7.05. The van der Waals surface area contributed by atoms with Crippen molar-refractivity contribution < 1.29 is 4.79 Å². The van der Waals surface area contributed by atoms with Gasteiger partial charge in [-0.3, -0.25) is 4.90 Å². The molecule has 1 aliphatic rings. The van der Waals surface area contributed by atoms with Gasteiger partial charge in [-0.05, 0) is 43.0 Å². The lowest BCUT2D eigenvalue weighted by atomic mass is 9.93. The van der Waals surface area contributed by atoms with Crippen LogP contribution in [0, 0.1) is 0 Å². The van der Waals surface area contributed by atoms with Gasteiger partial charge < -0.3 is 4.79 Å². The van der Waals surface area contributed by atoms with Gasteiger partial charge in [-0.15, -0.1) is 0 Å². The number of hydrogen-bond acceptors (Lipinski definition) is 2. The summed E-state index contributed by atoms with van der Waals surface area (Å²) in [6.45, 7) is 5.62. The molecule has 0 bridgehead atoms. The number of rotatable bonds is 5. The third-order valence-electron chi connectivity index (χ3n) is 3.88. The molecule has 2 heteroatoms. The Kier molecular flexibility index (Phi) is 4.94. The lowest BCUT2D eigenvalue weighted by Crippen LogP contribution is -2.29. The van der Waals surface area contributed by atoms with Gasteiger partial charge in [0.2, 0.25) is 0 Å². The Balaban J connectivity index is 2.08. The highest BCUT2D eigenvalue weighted by molar-refractivity contribution is 5.52. The van der Waals surface area contributed by atoms with Crippen LogP contribution in [0.15, 0.2) is 24.3 Å². The number of carbonyl (C=O) groups excluding carboxylic acids is 1. The standard InChI is InChI=1S/C16H23NO/c1-14(9-12-18)16-8-4-3-7-15(16)13-17-10-5-2-6-11-17/h3-4,7-8,12,14H,2,5-6,9-11,13H2,1H3. The second-order valence-electron chi connectivity index (χ2n) is 5.34. The number of carbonyl (C=O) groups is 1. The van der Waals surface area contributed by atoms with Crippen molar-refractivity contribution in [1.29, 1.82) is 0 Å². The molecule has 1 unspecified atom stereocenters. The molecule has 1 aromatic rings. The quantitative estimate of drug-likeness (QED) is 0.741. The minimum atomic E-state index is 0.337. The maximum Gasteiger partial charge on any atom is 0.120 e. The van der Waals surface area contributed by atoms with E-state index in [-0.39, 0.29) is 0 Å². The van der Waals surface area contributed by atoms with Crippen LogP contribution in [0.25, 0.3) is 0 Å². The smallest absolute Gasteiger partial charge is 0.120 e. The summed E-state index contributed by atoms with van der Waals surface area (Å²) in [7, 11) is 0. The summed E-state index contributed by atoms with van der Waals surface area (Å²) in [4.78, 5) is 13.2. The first-order valence-electron chi connectivity index (χ1n) is 7.05. The van der Waals surface area contributed by atoms with Crippen LogP contribution in [0.3, 0.4) is 0 Å². The minimum absolute atomic E-state index is 0.337. The number of benzene rings is 1. The molecule has 2 rings (SSSR count). The van der Waals surface area contributed by atoms with E-state index in [0.717, 1.165) is 12.8 Å². The van der Waals surface area contributed by atoms with E-state index in [1.54, 1.807) is 0 Å². The molecule has 0 radical (unpaired) electrons. The molecule has 1 atom stereocenters. The maximum atomic E-state index is 10.7. The van der Waals surface area contributed by atoms with Crippen molar-refractivity contribution in [3.8, 4) is 0 Å². The number of hydrogen-bond donors (Lipinski definition) is 0. The van der Waals surface area contributed by atoms with E-state index in [4.69, 9.17) is 0 Å². The maximum absolute atomic E-state index is 10.7. The first-order chi connectivity index (χ1) is 8.81. The van der Waals surface area contributed by atoms with Crippen LogP contribution in [-0.2, 0) is 11.3 Å².